The van der Waals surface area contributed by atoms with Crippen molar-refractivity contribution in [1.29, 1.82) is 0 Å². The Kier molecular flexibility index (Phi) is 56.4. The van der Waals surface area contributed by atoms with Gasteiger partial charge in [0.25, 0.3) is 0 Å². The van der Waals surface area contributed by atoms with Crippen LogP contribution < -0.4 is 0 Å². The molecule has 0 aliphatic heterocycles. The van der Waals surface area contributed by atoms with Crippen molar-refractivity contribution >= 4 is 11.9 Å². The zero-order valence-corrected chi connectivity index (χ0v) is 45.4. The van der Waals surface area contributed by atoms with E-state index < -0.39 is 6.10 Å². The summed E-state index contributed by atoms with van der Waals surface area (Å²) in [6, 6.07) is 0. The van der Waals surface area contributed by atoms with Crippen molar-refractivity contribution in [2.24, 2.45) is 0 Å². The third-order valence-electron chi connectivity index (χ3n) is 12.7. The smallest absolute Gasteiger partial charge is 0.306 e. The van der Waals surface area contributed by atoms with Gasteiger partial charge in [0, 0.05) is 19.4 Å². The Morgan fingerprint density at radius 2 is 0.662 bits per heavy atom. The summed E-state index contributed by atoms with van der Waals surface area (Å²) >= 11 is 0. The van der Waals surface area contributed by atoms with Crippen molar-refractivity contribution in [2.75, 3.05) is 19.8 Å². The van der Waals surface area contributed by atoms with Crippen LogP contribution in [0.3, 0.4) is 0 Å². The second kappa shape index (κ2) is 58.7. The summed E-state index contributed by atoms with van der Waals surface area (Å²) in [5.41, 5.74) is 0. The first-order valence-corrected chi connectivity index (χ1v) is 29.5. The number of hydrogen-bond donors (Lipinski definition) is 0. The fourth-order valence-corrected chi connectivity index (χ4v) is 8.36. The molecule has 0 aromatic carbocycles. The van der Waals surface area contributed by atoms with E-state index in [2.05, 4.69) is 93.7 Å². The first kappa shape index (κ1) is 65.3. The molecule has 68 heavy (non-hydrogen) atoms. The van der Waals surface area contributed by atoms with E-state index in [0.717, 1.165) is 83.5 Å². The van der Waals surface area contributed by atoms with Crippen LogP contribution in [0.15, 0.2) is 72.9 Å². The van der Waals surface area contributed by atoms with Crippen molar-refractivity contribution in [3.8, 4) is 0 Å². The van der Waals surface area contributed by atoms with Gasteiger partial charge >= 0.3 is 11.9 Å². The van der Waals surface area contributed by atoms with E-state index in [1.807, 2.05) is 0 Å². The topological polar surface area (TPSA) is 61.8 Å². The molecule has 0 bridgehead atoms. The first-order valence-electron chi connectivity index (χ1n) is 29.5. The quantitative estimate of drug-likeness (QED) is 0.0345. The van der Waals surface area contributed by atoms with Crippen LogP contribution >= 0.6 is 0 Å². The van der Waals surface area contributed by atoms with Gasteiger partial charge in [-0.2, -0.15) is 0 Å². The number of hydrogen-bond acceptors (Lipinski definition) is 5. The number of carbonyl (C=O) groups excluding carboxylic acids is 2. The van der Waals surface area contributed by atoms with Gasteiger partial charge in [-0.1, -0.05) is 261 Å². The monoisotopic (exact) mass is 949 g/mol. The Morgan fingerprint density at radius 3 is 1.09 bits per heavy atom. The Balaban J connectivity index is 4.28. The summed E-state index contributed by atoms with van der Waals surface area (Å²) in [4.78, 5) is 25.5. The molecule has 0 aliphatic carbocycles. The molecule has 0 saturated heterocycles. The summed E-state index contributed by atoms with van der Waals surface area (Å²) in [6.45, 7) is 7.71. The summed E-state index contributed by atoms with van der Waals surface area (Å²) in [6.07, 6.45) is 76.4. The summed E-state index contributed by atoms with van der Waals surface area (Å²) in [5.74, 6) is -0.424. The van der Waals surface area contributed by atoms with Gasteiger partial charge in [-0.05, 0) is 89.9 Å². The molecule has 0 radical (unpaired) electrons. The number of carbonyl (C=O) groups is 2. The Hall–Kier alpha value is -2.66. The van der Waals surface area contributed by atoms with E-state index in [0.29, 0.717) is 19.4 Å². The molecule has 0 rings (SSSR count). The van der Waals surface area contributed by atoms with E-state index in [4.69, 9.17) is 14.2 Å². The van der Waals surface area contributed by atoms with Crippen LogP contribution in [-0.4, -0.2) is 37.9 Å². The number of ether oxygens (including phenoxy) is 3. The lowest BCUT2D eigenvalue weighted by molar-refractivity contribution is -0.163. The summed E-state index contributed by atoms with van der Waals surface area (Å²) in [7, 11) is 0. The maximum absolute atomic E-state index is 12.8. The van der Waals surface area contributed by atoms with Crippen LogP contribution in [0.2, 0.25) is 0 Å². The van der Waals surface area contributed by atoms with Gasteiger partial charge in [0.05, 0.1) is 6.61 Å². The predicted octanol–water partition coefficient (Wildman–Crippen LogP) is 20.2. The standard InChI is InChI=1S/C63H112O5/c1-4-7-10-13-16-19-22-25-27-29-31-33-35-37-40-43-46-49-52-55-58-66-59-61(68-63(65)57-54-51-48-45-42-38-24-21-18-15-12-9-6-3)60-67-62(64)56-53-50-47-44-41-39-36-34-32-30-28-26-23-20-17-14-11-8-5-2/h8,11,17,20,25-28,32,34,39,41,61H,4-7,9-10,12-16,18-19,21-24,29-31,33,35-38,40,42-60H2,1-3H3/b11-8-,20-17-,27-25-,28-26-,34-32-,41-39-. The highest BCUT2D eigenvalue weighted by atomic mass is 16.6. The molecule has 5 nitrogen and oxygen atoms in total. The largest absolute Gasteiger partial charge is 0.462 e. The Labute approximate surface area is 423 Å². The second-order valence-electron chi connectivity index (χ2n) is 19.5. The molecule has 0 saturated carbocycles. The molecule has 0 spiro atoms. The SMILES string of the molecule is CC/C=C\C/C=C\C/C=C\C/C=C\C/C=C\CCCCCC(=O)OCC(COCCCCCCCCCCCC/C=C\CCCCCCCC)OC(=O)CCCCCCCCCCCCCCC. The van der Waals surface area contributed by atoms with Crippen LogP contribution in [0, 0.1) is 0 Å². The van der Waals surface area contributed by atoms with Crippen LogP contribution in [0.25, 0.3) is 0 Å². The zero-order chi connectivity index (χ0) is 49.2. The molecular weight excluding hydrogens is 837 g/mol. The number of rotatable bonds is 54. The lowest BCUT2D eigenvalue weighted by atomic mass is 10.0. The van der Waals surface area contributed by atoms with Gasteiger partial charge in [-0.3, -0.25) is 9.59 Å². The van der Waals surface area contributed by atoms with Crippen LogP contribution in [0.4, 0.5) is 0 Å². The molecule has 0 heterocycles. The van der Waals surface area contributed by atoms with Crippen LogP contribution in [0.5, 0.6) is 0 Å². The molecule has 0 fully saturated rings. The highest BCUT2D eigenvalue weighted by Crippen LogP contribution is 2.16. The number of unbranched alkanes of at least 4 members (excludes halogenated alkanes) is 31. The fraction of sp³-hybridized carbons (Fsp3) is 0.778. The highest BCUT2D eigenvalue weighted by molar-refractivity contribution is 5.70. The van der Waals surface area contributed by atoms with E-state index in [1.165, 1.54) is 173 Å². The average Bonchev–Trinajstić information content (AvgIpc) is 3.34. The van der Waals surface area contributed by atoms with E-state index in [-0.39, 0.29) is 25.2 Å². The third kappa shape index (κ3) is 55.9. The molecule has 0 N–H and O–H groups in total. The van der Waals surface area contributed by atoms with E-state index >= 15 is 0 Å². The molecule has 1 unspecified atom stereocenters. The lowest BCUT2D eigenvalue weighted by Crippen LogP contribution is -2.30. The molecule has 1 atom stereocenters. The molecule has 394 valence electrons. The van der Waals surface area contributed by atoms with E-state index in [1.54, 1.807) is 0 Å². The van der Waals surface area contributed by atoms with E-state index in [9.17, 15) is 9.59 Å². The molecule has 0 aromatic heterocycles. The van der Waals surface area contributed by atoms with Crippen LogP contribution in [-0.2, 0) is 23.8 Å². The summed E-state index contributed by atoms with van der Waals surface area (Å²) < 4.78 is 17.5. The maximum atomic E-state index is 12.8. The second-order valence-corrected chi connectivity index (χ2v) is 19.5. The molecular formula is C63H112O5. The number of esters is 2. The fourth-order valence-electron chi connectivity index (χ4n) is 8.36. The van der Waals surface area contributed by atoms with Gasteiger partial charge in [0.2, 0.25) is 0 Å². The first-order chi connectivity index (χ1) is 33.6. The maximum Gasteiger partial charge on any atom is 0.306 e. The minimum atomic E-state index is -0.551. The average molecular weight is 950 g/mol. The predicted molar refractivity (Wildman–Crippen MR) is 297 cm³/mol. The number of allylic oxidation sites excluding steroid dienone is 12. The normalized spacial score (nSPS) is 12.7. The zero-order valence-electron chi connectivity index (χ0n) is 45.4. The molecule has 0 aliphatic rings. The van der Waals surface area contributed by atoms with Crippen molar-refractivity contribution in [3.05, 3.63) is 72.9 Å². The Morgan fingerprint density at radius 1 is 0.338 bits per heavy atom. The molecule has 0 aromatic rings. The van der Waals surface area contributed by atoms with Crippen molar-refractivity contribution in [1.82, 2.24) is 0 Å². The van der Waals surface area contributed by atoms with Gasteiger partial charge in [0.15, 0.2) is 6.10 Å². The minimum absolute atomic E-state index is 0.0686. The van der Waals surface area contributed by atoms with Gasteiger partial charge < -0.3 is 14.2 Å². The summed E-state index contributed by atoms with van der Waals surface area (Å²) in [5, 5.41) is 0. The molecule has 5 heteroatoms. The van der Waals surface area contributed by atoms with Crippen molar-refractivity contribution in [3.63, 3.8) is 0 Å². The third-order valence-corrected chi connectivity index (χ3v) is 12.7. The van der Waals surface area contributed by atoms with Gasteiger partial charge in [-0.25, -0.2) is 0 Å². The molecule has 0 amide bonds. The van der Waals surface area contributed by atoms with Crippen LogP contribution in [0.1, 0.15) is 290 Å². The Bertz CT molecular complexity index is 1210. The lowest BCUT2D eigenvalue weighted by Gasteiger charge is -2.18. The highest BCUT2D eigenvalue weighted by Gasteiger charge is 2.17. The van der Waals surface area contributed by atoms with Gasteiger partial charge in [-0.15, -0.1) is 0 Å². The van der Waals surface area contributed by atoms with Crippen molar-refractivity contribution < 1.29 is 23.8 Å². The van der Waals surface area contributed by atoms with Gasteiger partial charge in [0.1, 0.15) is 6.61 Å². The minimum Gasteiger partial charge on any atom is -0.462 e. The van der Waals surface area contributed by atoms with Crippen molar-refractivity contribution in [2.45, 2.75) is 297 Å².